The van der Waals surface area contributed by atoms with Crippen molar-refractivity contribution < 1.29 is 14.7 Å². The SMILES string of the molecule is CC(C)C(NC(=O)C(C)(C)Sc1nccn1-c1cccc2ccccc12)C(=O)O. The molecule has 0 aliphatic heterocycles. The van der Waals surface area contributed by atoms with Crippen molar-refractivity contribution in [1.82, 2.24) is 14.9 Å². The molecule has 0 saturated heterocycles. The van der Waals surface area contributed by atoms with E-state index in [1.54, 1.807) is 33.9 Å². The van der Waals surface area contributed by atoms with Crippen LogP contribution in [0.15, 0.2) is 60.0 Å². The summed E-state index contributed by atoms with van der Waals surface area (Å²) in [6.45, 7) is 7.08. The fourth-order valence-electron chi connectivity index (χ4n) is 3.07. The first-order chi connectivity index (χ1) is 13.7. The minimum absolute atomic E-state index is 0.213. The lowest BCUT2D eigenvalue weighted by molar-refractivity contribution is -0.143. The van der Waals surface area contributed by atoms with Crippen LogP contribution in [0.5, 0.6) is 0 Å². The number of amides is 1. The zero-order chi connectivity index (χ0) is 21.2. The maximum atomic E-state index is 12.8. The summed E-state index contributed by atoms with van der Waals surface area (Å²) < 4.78 is 1.05. The molecule has 1 atom stereocenters. The highest BCUT2D eigenvalue weighted by atomic mass is 32.2. The lowest BCUT2D eigenvalue weighted by Crippen LogP contribution is -2.50. The van der Waals surface area contributed by atoms with Crippen LogP contribution in [0.2, 0.25) is 0 Å². The number of aliphatic carboxylic acids is 1. The lowest BCUT2D eigenvalue weighted by Gasteiger charge is -2.26. The highest BCUT2D eigenvalue weighted by Gasteiger charge is 2.35. The van der Waals surface area contributed by atoms with Crippen molar-refractivity contribution in [3.63, 3.8) is 0 Å². The van der Waals surface area contributed by atoms with E-state index in [-0.39, 0.29) is 11.8 Å². The van der Waals surface area contributed by atoms with E-state index in [2.05, 4.69) is 28.5 Å². The second kappa shape index (κ2) is 8.29. The molecule has 3 rings (SSSR count). The molecule has 1 unspecified atom stereocenters. The van der Waals surface area contributed by atoms with Crippen molar-refractivity contribution in [1.29, 1.82) is 0 Å². The van der Waals surface area contributed by atoms with Gasteiger partial charge in [-0.1, -0.05) is 62.0 Å². The number of fused-ring (bicyclic) bond motifs is 1. The Labute approximate surface area is 174 Å². The Balaban J connectivity index is 1.89. The molecule has 0 radical (unpaired) electrons. The molecule has 0 fully saturated rings. The van der Waals surface area contributed by atoms with Crippen LogP contribution in [0.1, 0.15) is 27.7 Å². The number of carboxylic acids is 1. The van der Waals surface area contributed by atoms with Gasteiger partial charge in [0, 0.05) is 17.8 Å². The molecule has 152 valence electrons. The van der Waals surface area contributed by atoms with Crippen LogP contribution in [0.4, 0.5) is 0 Å². The number of nitrogens with zero attached hydrogens (tertiary/aromatic N) is 2. The van der Waals surface area contributed by atoms with Gasteiger partial charge in [-0.25, -0.2) is 9.78 Å². The second-order valence-electron chi connectivity index (χ2n) is 7.72. The Morgan fingerprint density at radius 2 is 1.83 bits per heavy atom. The highest BCUT2D eigenvalue weighted by molar-refractivity contribution is 8.01. The lowest BCUT2D eigenvalue weighted by atomic mass is 10.0. The summed E-state index contributed by atoms with van der Waals surface area (Å²) in [7, 11) is 0. The van der Waals surface area contributed by atoms with E-state index < -0.39 is 16.8 Å². The van der Waals surface area contributed by atoms with Gasteiger partial charge < -0.3 is 10.4 Å². The molecular formula is C22H25N3O3S. The maximum absolute atomic E-state index is 12.8. The fourth-order valence-corrected chi connectivity index (χ4v) is 4.05. The summed E-state index contributed by atoms with van der Waals surface area (Å²) in [6.07, 6.45) is 3.57. The van der Waals surface area contributed by atoms with Gasteiger partial charge >= 0.3 is 5.97 Å². The average molecular weight is 412 g/mol. The van der Waals surface area contributed by atoms with Gasteiger partial charge in [-0.05, 0) is 31.2 Å². The highest BCUT2D eigenvalue weighted by Crippen LogP contribution is 2.34. The number of rotatable bonds is 7. The largest absolute Gasteiger partial charge is 0.480 e. The Morgan fingerprint density at radius 3 is 2.52 bits per heavy atom. The van der Waals surface area contributed by atoms with Crippen LogP contribution >= 0.6 is 11.8 Å². The molecule has 6 nitrogen and oxygen atoms in total. The van der Waals surface area contributed by atoms with Crippen LogP contribution in [-0.2, 0) is 9.59 Å². The third-order valence-corrected chi connectivity index (χ3v) is 5.93. The maximum Gasteiger partial charge on any atom is 0.326 e. The van der Waals surface area contributed by atoms with Gasteiger partial charge in [0.1, 0.15) is 6.04 Å². The molecule has 7 heteroatoms. The van der Waals surface area contributed by atoms with E-state index in [9.17, 15) is 14.7 Å². The van der Waals surface area contributed by atoms with Gasteiger partial charge in [-0.2, -0.15) is 0 Å². The number of thioether (sulfide) groups is 1. The third-order valence-electron chi connectivity index (χ3n) is 4.75. The number of nitrogens with one attached hydrogen (secondary N) is 1. The van der Waals surface area contributed by atoms with Gasteiger partial charge in [0.2, 0.25) is 5.91 Å². The van der Waals surface area contributed by atoms with E-state index >= 15 is 0 Å². The average Bonchev–Trinajstić information content (AvgIpc) is 3.11. The minimum atomic E-state index is -1.04. The summed E-state index contributed by atoms with van der Waals surface area (Å²) in [4.78, 5) is 28.7. The molecule has 2 aromatic carbocycles. The van der Waals surface area contributed by atoms with E-state index in [1.165, 1.54) is 11.8 Å². The van der Waals surface area contributed by atoms with Gasteiger partial charge in [0.15, 0.2) is 5.16 Å². The molecule has 29 heavy (non-hydrogen) atoms. The van der Waals surface area contributed by atoms with Gasteiger partial charge in [0.25, 0.3) is 0 Å². The number of carboxylic acid groups (broad SMARTS) is 1. The molecular weight excluding hydrogens is 386 g/mol. The smallest absolute Gasteiger partial charge is 0.326 e. The van der Waals surface area contributed by atoms with Gasteiger partial charge in [-0.15, -0.1) is 0 Å². The molecule has 0 aliphatic rings. The molecule has 0 spiro atoms. The number of benzene rings is 2. The summed E-state index contributed by atoms with van der Waals surface area (Å²) in [5.74, 6) is -1.59. The number of carbonyl (C=O) groups excluding carboxylic acids is 1. The summed E-state index contributed by atoms with van der Waals surface area (Å²) in [5, 5.41) is 14.9. The molecule has 3 aromatic rings. The standard InChI is InChI=1S/C22H25N3O3S/c1-14(2)18(19(26)27)24-20(28)22(3,4)29-21-23-12-13-25(21)17-11-7-9-15-8-5-6-10-16(15)17/h5-14,18H,1-4H3,(H,24,28)(H,26,27). The van der Waals surface area contributed by atoms with Crippen molar-refractivity contribution in [3.8, 4) is 5.69 Å². The monoisotopic (exact) mass is 411 g/mol. The Morgan fingerprint density at radius 1 is 1.14 bits per heavy atom. The predicted octanol–water partition coefficient (Wildman–Crippen LogP) is 4.12. The Hall–Kier alpha value is -2.80. The minimum Gasteiger partial charge on any atom is -0.480 e. The number of aromatic nitrogens is 2. The zero-order valence-corrected chi connectivity index (χ0v) is 17.7. The topological polar surface area (TPSA) is 84.2 Å². The molecule has 1 amide bonds. The van der Waals surface area contributed by atoms with Crippen LogP contribution in [0.3, 0.4) is 0 Å². The predicted molar refractivity (Wildman–Crippen MR) is 115 cm³/mol. The van der Waals surface area contributed by atoms with E-state index in [0.717, 1.165) is 16.5 Å². The quantitative estimate of drug-likeness (QED) is 0.571. The first-order valence-electron chi connectivity index (χ1n) is 9.45. The van der Waals surface area contributed by atoms with E-state index in [4.69, 9.17) is 0 Å². The van der Waals surface area contributed by atoms with Crippen molar-refractivity contribution in [2.75, 3.05) is 0 Å². The summed E-state index contributed by atoms with van der Waals surface area (Å²) >= 11 is 1.30. The third kappa shape index (κ3) is 4.45. The van der Waals surface area contributed by atoms with Crippen LogP contribution < -0.4 is 5.32 Å². The first-order valence-corrected chi connectivity index (χ1v) is 10.3. The van der Waals surface area contributed by atoms with Crippen LogP contribution in [0.25, 0.3) is 16.5 Å². The second-order valence-corrected chi connectivity index (χ2v) is 9.31. The van der Waals surface area contributed by atoms with Gasteiger partial charge in [-0.3, -0.25) is 9.36 Å². The molecule has 0 saturated carbocycles. The van der Waals surface area contributed by atoms with Crippen molar-refractivity contribution >= 4 is 34.4 Å². The van der Waals surface area contributed by atoms with Crippen LogP contribution in [-0.4, -0.2) is 37.3 Å². The molecule has 1 aromatic heterocycles. The molecule has 1 heterocycles. The number of carbonyl (C=O) groups is 2. The molecule has 0 aliphatic carbocycles. The van der Waals surface area contributed by atoms with E-state index in [0.29, 0.717) is 5.16 Å². The Bertz CT molecular complexity index is 1040. The van der Waals surface area contributed by atoms with Crippen molar-refractivity contribution in [2.24, 2.45) is 5.92 Å². The Kier molecular flexibility index (Phi) is 5.98. The van der Waals surface area contributed by atoms with Crippen molar-refractivity contribution in [3.05, 3.63) is 54.9 Å². The zero-order valence-electron chi connectivity index (χ0n) is 16.9. The normalized spacial score (nSPS) is 12.9. The van der Waals surface area contributed by atoms with Gasteiger partial charge in [0.05, 0.1) is 10.4 Å². The first kappa shape index (κ1) is 20.9. The van der Waals surface area contributed by atoms with E-state index in [1.807, 2.05) is 35.0 Å². The number of hydrogen-bond donors (Lipinski definition) is 2. The number of imidazole rings is 1. The summed E-state index contributed by atoms with van der Waals surface area (Å²) in [5.41, 5.74) is 0.977. The molecule has 2 N–H and O–H groups in total. The van der Waals surface area contributed by atoms with Crippen LogP contribution in [0, 0.1) is 5.92 Å². The fraction of sp³-hybridized carbons (Fsp3) is 0.318. The van der Waals surface area contributed by atoms with Crippen molar-refractivity contribution in [2.45, 2.75) is 43.6 Å². The number of hydrogen-bond acceptors (Lipinski definition) is 4. The molecule has 0 bridgehead atoms. The summed E-state index contributed by atoms with van der Waals surface area (Å²) in [6, 6.07) is 13.2.